The molecule has 4 aromatic rings. The Hall–Kier alpha value is -4.57. The number of fused-ring (bicyclic) bond motifs is 1. The fourth-order valence-electron chi connectivity index (χ4n) is 5.58. The molecular weight excluding hydrogens is 529 g/mol. The Kier molecular flexibility index (Phi) is 7.23. The van der Waals surface area contributed by atoms with Crippen LogP contribution in [0.25, 0.3) is 22.2 Å². The van der Waals surface area contributed by atoms with Gasteiger partial charge in [-0.05, 0) is 54.3 Å². The van der Waals surface area contributed by atoms with Gasteiger partial charge in [0.15, 0.2) is 11.4 Å². The van der Waals surface area contributed by atoms with Gasteiger partial charge in [0, 0.05) is 30.1 Å². The number of carboxylic acid groups (broad SMARTS) is 1. The summed E-state index contributed by atoms with van der Waals surface area (Å²) in [6.07, 6.45) is 1.82. The van der Waals surface area contributed by atoms with E-state index < -0.39 is 23.6 Å². The number of Topliss-reactive ketones (excluding diaryl/α,β-unsaturated/α-hetero) is 1. The van der Waals surface area contributed by atoms with Crippen molar-refractivity contribution in [3.63, 3.8) is 0 Å². The number of halogens is 1. The number of carbonyl (C=O) groups is 3. The third-order valence-corrected chi connectivity index (χ3v) is 7.82. The van der Waals surface area contributed by atoms with Crippen molar-refractivity contribution < 1.29 is 33.0 Å². The Balaban J connectivity index is 1.15. The molecule has 2 N–H and O–H groups in total. The minimum absolute atomic E-state index is 0.0945. The van der Waals surface area contributed by atoms with Crippen LogP contribution in [0.2, 0.25) is 0 Å². The molecule has 0 spiro atoms. The van der Waals surface area contributed by atoms with E-state index in [0.717, 1.165) is 6.42 Å². The van der Waals surface area contributed by atoms with Gasteiger partial charge in [0.1, 0.15) is 11.3 Å². The molecular formula is C31H28FN3O6. The molecule has 1 saturated carbocycles. The molecule has 1 aromatic heterocycles. The van der Waals surface area contributed by atoms with E-state index in [1.807, 2.05) is 0 Å². The predicted octanol–water partition coefficient (Wildman–Crippen LogP) is 5.53. The Morgan fingerprint density at radius 2 is 1.61 bits per heavy atom. The number of nitrogens with one attached hydrogen (secondary N) is 1. The quantitative estimate of drug-likeness (QED) is 0.284. The number of ether oxygens (including phenoxy) is 1. The number of benzene rings is 3. The monoisotopic (exact) mass is 557 g/mol. The number of hydrogen-bond acceptors (Lipinski definition) is 7. The van der Waals surface area contributed by atoms with E-state index in [1.165, 1.54) is 6.07 Å². The summed E-state index contributed by atoms with van der Waals surface area (Å²) in [7, 11) is 0. The molecule has 1 amide bonds. The zero-order valence-corrected chi connectivity index (χ0v) is 22.1. The average molecular weight is 558 g/mol. The Labute approximate surface area is 234 Å². The lowest BCUT2D eigenvalue weighted by atomic mass is 9.88. The minimum Gasteiger partial charge on any atom is -0.481 e. The van der Waals surface area contributed by atoms with Crippen molar-refractivity contribution in [3.8, 4) is 11.1 Å². The first-order valence-corrected chi connectivity index (χ1v) is 13.6. The number of aromatic nitrogens is 1. The highest BCUT2D eigenvalue weighted by molar-refractivity contribution is 6.00. The minimum atomic E-state index is -0.928. The van der Waals surface area contributed by atoms with Crippen molar-refractivity contribution in [2.45, 2.75) is 19.3 Å². The number of anilines is 2. The maximum Gasteiger partial charge on any atom is 0.307 e. The van der Waals surface area contributed by atoms with Crippen LogP contribution in [0.3, 0.4) is 0 Å². The van der Waals surface area contributed by atoms with Gasteiger partial charge in [0.05, 0.1) is 24.8 Å². The van der Waals surface area contributed by atoms with Crippen LogP contribution < -0.4 is 5.32 Å². The van der Waals surface area contributed by atoms with Crippen LogP contribution in [0.15, 0.2) is 65.1 Å². The Bertz CT molecular complexity index is 1630. The van der Waals surface area contributed by atoms with Crippen molar-refractivity contribution >= 4 is 40.5 Å². The first-order valence-electron chi connectivity index (χ1n) is 13.6. The van der Waals surface area contributed by atoms with Crippen molar-refractivity contribution in [2.24, 2.45) is 11.8 Å². The van der Waals surface area contributed by atoms with Crippen LogP contribution in [0.1, 0.15) is 40.0 Å². The van der Waals surface area contributed by atoms with Gasteiger partial charge < -0.3 is 24.5 Å². The lowest BCUT2D eigenvalue weighted by Gasteiger charge is -2.26. The zero-order chi connectivity index (χ0) is 28.5. The van der Waals surface area contributed by atoms with Gasteiger partial charge in [0.2, 0.25) is 0 Å². The maximum atomic E-state index is 15.1. The van der Waals surface area contributed by atoms with Crippen LogP contribution in [-0.4, -0.2) is 59.0 Å². The van der Waals surface area contributed by atoms with Gasteiger partial charge in [-0.25, -0.2) is 4.39 Å². The summed E-state index contributed by atoms with van der Waals surface area (Å²) in [6, 6.07) is 16.6. The average Bonchev–Trinajstić information content (AvgIpc) is 3.65. The number of amides is 1. The zero-order valence-electron chi connectivity index (χ0n) is 22.1. The lowest BCUT2D eigenvalue weighted by Crippen LogP contribution is -2.40. The third-order valence-electron chi connectivity index (χ3n) is 7.82. The molecule has 210 valence electrons. The van der Waals surface area contributed by atoms with Crippen LogP contribution in [0.5, 0.6) is 0 Å². The maximum absolute atomic E-state index is 15.1. The smallest absolute Gasteiger partial charge is 0.307 e. The van der Waals surface area contributed by atoms with Crippen LogP contribution in [0.4, 0.5) is 16.1 Å². The molecule has 10 heteroatoms. The summed E-state index contributed by atoms with van der Waals surface area (Å²) in [4.78, 5) is 43.3. The molecule has 2 fully saturated rings. The van der Waals surface area contributed by atoms with Crippen LogP contribution in [-0.2, 0) is 9.53 Å². The second kappa shape index (κ2) is 11.1. The molecule has 9 nitrogen and oxygen atoms in total. The first kappa shape index (κ1) is 26.6. The molecule has 1 saturated heterocycles. The Morgan fingerprint density at radius 3 is 2.34 bits per heavy atom. The van der Waals surface area contributed by atoms with E-state index in [9.17, 15) is 19.5 Å². The molecule has 2 unspecified atom stereocenters. The first-order chi connectivity index (χ1) is 19.9. The van der Waals surface area contributed by atoms with E-state index in [4.69, 9.17) is 9.15 Å². The summed E-state index contributed by atoms with van der Waals surface area (Å²) in [5, 5.41) is 12.3. The van der Waals surface area contributed by atoms with E-state index in [0.29, 0.717) is 72.5 Å². The standard InChI is InChI=1S/C31H28FN3O6/c32-24-16-20(18-4-6-19(7-5-18)28(36)22-2-1-3-23(22)30(38)39)8-10-25(24)33-31-34-26-11-9-21(17-27(26)41-31)29(37)35-12-14-40-15-13-35/h4-11,16-17,22-23H,1-3,12-15H2,(H,33,34)(H,38,39). The van der Waals surface area contributed by atoms with E-state index >= 15 is 4.39 Å². The molecule has 1 aliphatic carbocycles. The number of hydrogen-bond donors (Lipinski definition) is 2. The van der Waals surface area contributed by atoms with Crippen molar-refractivity contribution in [1.82, 2.24) is 9.88 Å². The molecule has 2 atom stereocenters. The summed E-state index contributed by atoms with van der Waals surface area (Å²) < 4.78 is 26.2. The second-order valence-electron chi connectivity index (χ2n) is 10.3. The highest BCUT2D eigenvalue weighted by Crippen LogP contribution is 2.35. The number of oxazole rings is 1. The number of carbonyl (C=O) groups excluding carboxylic acids is 2. The molecule has 0 radical (unpaired) electrons. The third kappa shape index (κ3) is 5.43. The van der Waals surface area contributed by atoms with Gasteiger partial charge in [0.25, 0.3) is 11.9 Å². The van der Waals surface area contributed by atoms with Crippen LogP contribution in [0, 0.1) is 17.7 Å². The second-order valence-corrected chi connectivity index (χ2v) is 10.3. The fraction of sp³-hybridized carbons (Fsp3) is 0.290. The SMILES string of the molecule is O=C(O)C1CCCC1C(=O)c1ccc(-c2ccc(Nc3nc4ccc(C(=O)N5CCOCC5)cc4o3)c(F)c2)cc1. The van der Waals surface area contributed by atoms with Crippen molar-refractivity contribution in [3.05, 3.63) is 77.6 Å². The van der Waals surface area contributed by atoms with Crippen molar-refractivity contribution in [2.75, 3.05) is 31.6 Å². The van der Waals surface area contributed by atoms with Gasteiger partial charge in [-0.2, -0.15) is 4.98 Å². The molecule has 41 heavy (non-hydrogen) atoms. The van der Waals surface area contributed by atoms with Gasteiger partial charge in [-0.1, -0.05) is 36.8 Å². The predicted molar refractivity (Wildman–Crippen MR) is 149 cm³/mol. The topological polar surface area (TPSA) is 122 Å². The van der Waals surface area contributed by atoms with E-state index in [-0.39, 0.29) is 23.4 Å². The summed E-state index contributed by atoms with van der Waals surface area (Å²) in [5.74, 6) is -2.88. The van der Waals surface area contributed by atoms with Gasteiger partial charge in [-0.3, -0.25) is 14.4 Å². The summed E-state index contributed by atoms with van der Waals surface area (Å²) in [6.45, 7) is 2.08. The number of carboxylic acids is 1. The van der Waals surface area contributed by atoms with E-state index in [2.05, 4.69) is 10.3 Å². The van der Waals surface area contributed by atoms with Crippen molar-refractivity contribution in [1.29, 1.82) is 0 Å². The Morgan fingerprint density at radius 1 is 0.902 bits per heavy atom. The number of nitrogens with zero attached hydrogens (tertiary/aromatic N) is 2. The molecule has 2 heterocycles. The molecule has 3 aromatic carbocycles. The number of morpholine rings is 1. The summed E-state index contributed by atoms with van der Waals surface area (Å²) >= 11 is 0. The summed E-state index contributed by atoms with van der Waals surface area (Å²) in [5.41, 5.74) is 3.37. The highest BCUT2D eigenvalue weighted by atomic mass is 19.1. The normalized spacial score (nSPS) is 18.9. The van der Waals surface area contributed by atoms with Gasteiger partial charge in [-0.15, -0.1) is 0 Å². The number of aliphatic carboxylic acids is 1. The lowest BCUT2D eigenvalue weighted by molar-refractivity contribution is -0.142. The molecule has 2 aliphatic rings. The molecule has 6 rings (SSSR count). The van der Waals surface area contributed by atoms with Crippen LogP contribution >= 0.6 is 0 Å². The molecule has 1 aliphatic heterocycles. The largest absolute Gasteiger partial charge is 0.481 e. The highest BCUT2D eigenvalue weighted by Gasteiger charge is 2.37. The number of rotatable bonds is 7. The van der Waals surface area contributed by atoms with E-state index in [1.54, 1.807) is 59.5 Å². The van der Waals surface area contributed by atoms with Gasteiger partial charge >= 0.3 is 5.97 Å². The fourth-order valence-corrected chi connectivity index (χ4v) is 5.58. The molecule has 0 bridgehead atoms. The number of ketones is 1.